The highest BCUT2D eigenvalue weighted by Gasteiger charge is 2.31. The number of benzene rings is 1. The van der Waals surface area contributed by atoms with Crippen molar-refractivity contribution in [2.75, 3.05) is 31.2 Å². The van der Waals surface area contributed by atoms with Crippen LogP contribution in [0.25, 0.3) is 4.85 Å². The van der Waals surface area contributed by atoms with Crippen molar-refractivity contribution in [1.82, 2.24) is 0 Å². The van der Waals surface area contributed by atoms with E-state index in [2.05, 4.69) is 9.74 Å². The molecule has 0 radical (unpaired) electrons. The van der Waals surface area contributed by atoms with Gasteiger partial charge in [0.15, 0.2) is 0 Å². The van der Waals surface area contributed by atoms with Gasteiger partial charge in [-0.3, -0.25) is 0 Å². The fourth-order valence-electron chi connectivity index (χ4n) is 3.49. The lowest BCUT2D eigenvalue weighted by Crippen LogP contribution is -2.35. The standard InChI is InChI=1S/C20H20Cl2N2O3S/c1-3-4-13(12-5-6-14(21)15(22)11-12)16-17(23-2)19(28-18(16)20(25)26)24-7-9-27-10-8-24/h5-6,11,13H,3-4,7-10H2,1H3,(H,25,26). The van der Waals surface area contributed by atoms with Crippen LogP contribution in [0.1, 0.15) is 46.5 Å². The smallest absolute Gasteiger partial charge is 0.344 e. The number of carbonyl (C=O) groups is 1. The van der Waals surface area contributed by atoms with Gasteiger partial charge in [-0.05, 0) is 29.7 Å². The summed E-state index contributed by atoms with van der Waals surface area (Å²) < 4.78 is 5.40. The Hall–Kier alpha value is -1.78. The minimum Gasteiger partial charge on any atom is -0.477 e. The van der Waals surface area contributed by atoms with Gasteiger partial charge in [0.2, 0.25) is 5.69 Å². The molecule has 0 saturated carbocycles. The van der Waals surface area contributed by atoms with Crippen LogP contribution in [0.2, 0.25) is 10.0 Å². The van der Waals surface area contributed by atoms with Gasteiger partial charge in [-0.1, -0.05) is 42.6 Å². The van der Waals surface area contributed by atoms with Crippen molar-refractivity contribution < 1.29 is 14.6 Å². The van der Waals surface area contributed by atoms with Gasteiger partial charge in [0.25, 0.3) is 0 Å². The predicted molar refractivity (Wildman–Crippen MR) is 114 cm³/mol. The first-order chi connectivity index (χ1) is 13.5. The van der Waals surface area contributed by atoms with Gasteiger partial charge >= 0.3 is 5.97 Å². The highest BCUT2D eigenvalue weighted by Crippen LogP contribution is 2.49. The summed E-state index contributed by atoms with van der Waals surface area (Å²) in [6, 6.07) is 5.35. The van der Waals surface area contributed by atoms with Crippen LogP contribution in [0.4, 0.5) is 10.7 Å². The Morgan fingerprint density at radius 3 is 2.64 bits per heavy atom. The van der Waals surface area contributed by atoms with Gasteiger partial charge in [-0.15, -0.1) is 11.3 Å². The first kappa shape index (κ1) is 20.9. The van der Waals surface area contributed by atoms with E-state index in [1.54, 1.807) is 12.1 Å². The number of anilines is 1. The van der Waals surface area contributed by atoms with Crippen molar-refractivity contribution >= 4 is 51.2 Å². The van der Waals surface area contributed by atoms with Crippen LogP contribution < -0.4 is 4.90 Å². The van der Waals surface area contributed by atoms with E-state index in [9.17, 15) is 9.90 Å². The molecular weight excluding hydrogens is 419 g/mol. The fourth-order valence-corrected chi connectivity index (χ4v) is 4.99. The van der Waals surface area contributed by atoms with E-state index in [0.29, 0.717) is 59.0 Å². The minimum absolute atomic E-state index is 0.219. The molecule has 1 aromatic carbocycles. The Labute approximate surface area is 178 Å². The minimum atomic E-state index is -1.01. The van der Waals surface area contributed by atoms with Gasteiger partial charge in [0, 0.05) is 19.0 Å². The third-order valence-corrected chi connectivity index (χ3v) is 6.76. The maximum atomic E-state index is 12.1. The predicted octanol–water partition coefficient (Wildman–Crippen LogP) is 6.07. The second-order valence-electron chi connectivity index (χ2n) is 6.53. The molecular formula is C20H20Cl2N2O3S. The van der Waals surface area contributed by atoms with E-state index in [1.165, 1.54) is 11.3 Å². The summed E-state index contributed by atoms with van der Waals surface area (Å²) in [4.78, 5) is 18.1. The maximum absolute atomic E-state index is 12.1. The Kier molecular flexibility index (Phi) is 6.84. The zero-order chi connectivity index (χ0) is 20.3. The number of carboxylic acids is 1. The molecule has 28 heavy (non-hydrogen) atoms. The largest absolute Gasteiger partial charge is 0.477 e. The molecule has 0 spiro atoms. The van der Waals surface area contributed by atoms with Crippen LogP contribution in [0.15, 0.2) is 18.2 Å². The number of thiophene rings is 1. The zero-order valence-electron chi connectivity index (χ0n) is 15.4. The number of rotatable bonds is 6. The number of aromatic carboxylic acids is 1. The lowest BCUT2D eigenvalue weighted by atomic mass is 9.86. The molecule has 148 valence electrons. The van der Waals surface area contributed by atoms with Crippen LogP contribution in [-0.4, -0.2) is 37.4 Å². The highest BCUT2D eigenvalue weighted by molar-refractivity contribution is 7.18. The quantitative estimate of drug-likeness (QED) is 0.555. The van der Waals surface area contributed by atoms with Gasteiger partial charge in [-0.2, -0.15) is 0 Å². The summed E-state index contributed by atoms with van der Waals surface area (Å²) in [6.45, 7) is 12.3. The van der Waals surface area contributed by atoms with Gasteiger partial charge in [0.05, 0.1) is 34.8 Å². The summed E-state index contributed by atoms with van der Waals surface area (Å²) in [5.74, 6) is -1.24. The summed E-state index contributed by atoms with van der Waals surface area (Å²) in [7, 11) is 0. The van der Waals surface area contributed by atoms with Crippen molar-refractivity contribution in [3.63, 3.8) is 0 Å². The number of halogens is 2. The van der Waals surface area contributed by atoms with Crippen LogP contribution >= 0.6 is 34.5 Å². The number of carboxylic acid groups (broad SMARTS) is 1. The van der Waals surface area contributed by atoms with E-state index in [-0.39, 0.29) is 10.8 Å². The number of hydrogen-bond acceptors (Lipinski definition) is 4. The van der Waals surface area contributed by atoms with Gasteiger partial charge in [-0.25, -0.2) is 9.64 Å². The molecule has 1 unspecified atom stereocenters. The molecule has 1 aliphatic rings. The Morgan fingerprint density at radius 2 is 2.07 bits per heavy atom. The molecule has 0 aliphatic carbocycles. The number of ether oxygens (including phenoxy) is 1. The van der Waals surface area contributed by atoms with Crippen LogP contribution in [0, 0.1) is 6.57 Å². The van der Waals surface area contributed by atoms with Crippen LogP contribution in [0.3, 0.4) is 0 Å². The van der Waals surface area contributed by atoms with E-state index >= 15 is 0 Å². The summed E-state index contributed by atoms with van der Waals surface area (Å²) in [6.07, 6.45) is 1.55. The van der Waals surface area contributed by atoms with Crippen LogP contribution in [0.5, 0.6) is 0 Å². The molecule has 1 fully saturated rings. The van der Waals surface area contributed by atoms with Gasteiger partial charge in [0.1, 0.15) is 4.88 Å². The highest BCUT2D eigenvalue weighted by atomic mass is 35.5. The van der Waals surface area contributed by atoms with Crippen molar-refractivity contribution in [2.24, 2.45) is 0 Å². The Balaban J connectivity index is 2.18. The van der Waals surface area contributed by atoms with Crippen LogP contribution in [-0.2, 0) is 4.74 Å². The number of morpholine rings is 1. The third kappa shape index (κ3) is 4.13. The molecule has 1 aliphatic heterocycles. The second-order valence-corrected chi connectivity index (χ2v) is 8.34. The molecule has 2 heterocycles. The first-order valence-corrected chi connectivity index (χ1v) is 10.6. The van der Waals surface area contributed by atoms with Crippen molar-refractivity contribution in [3.05, 3.63) is 55.7 Å². The van der Waals surface area contributed by atoms with Crippen molar-refractivity contribution in [3.8, 4) is 0 Å². The molecule has 1 atom stereocenters. The lowest BCUT2D eigenvalue weighted by Gasteiger charge is -2.28. The number of nitrogens with zero attached hydrogens (tertiary/aromatic N) is 2. The average molecular weight is 439 g/mol. The van der Waals surface area contributed by atoms with Crippen molar-refractivity contribution in [1.29, 1.82) is 0 Å². The third-order valence-electron chi connectivity index (χ3n) is 4.78. The molecule has 5 nitrogen and oxygen atoms in total. The SMILES string of the molecule is [C-]#[N+]c1c(N2CCOCC2)sc(C(=O)O)c1C(CCC)c1ccc(Cl)c(Cl)c1. The Morgan fingerprint density at radius 1 is 1.36 bits per heavy atom. The summed E-state index contributed by atoms with van der Waals surface area (Å²) in [5, 5.41) is 11.5. The van der Waals surface area contributed by atoms with E-state index in [0.717, 1.165) is 12.0 Å². The number of hydrogen-bond donors (Lipinski definition) is 1. The van der Waals surface area contributed by atoms with E-state index in [1.807, 2.05) is 13.0 Å². The van der Waals surface area contributed by atoms with E-state index < -0.39 is 5.97 Å². The molecule has 0 bridgehead atoms. The first-order valence-electron chi connectivity index (χ1n) is 9.03. The molecule has 0 amide bonds. The maximum Gasteiger partial charge on any atom is 0.344 e. The van der Waals surface area contributed by atoms with Gasteiger partial charge < -0.3 is 14.7 Å². The summed E-state index contributed by atoms with van der Waals surface area (Å²) >= 11 is 13.5. The molecule has 2 aromatic rings. The Bertz CT molecular complexity index is 917. The molecule has 1 aromatic heterocycles. The van der Waals surface area contributed by atoms with E-state index in [4.69, 9.17) is 34.5 Å². The summed E-state index contributed by atoms with van der Waals surface area (Å²) in [5.41, 5.74) is 1.87. The normalized spacial score (nSPS) is 15.3. The molecule has 3 rings (SSSR count). The molecule has 1 N–H and O–H groups in total. The topological polar surface area (TPSA) is 54.1 Å². The zero-order valence-corrected chi connectivity index (χ0v) is 17.7. The fraction of sp³-hybridized carbons (Fsp3) is 0.400. The molecule has 1 saturated heterocycles. The lowest BCUT2D eigenvalue weighted by molar-refractivity contribution is 0.0701. The monoisotopic (exact) mass is 438 g/mol. The average Bonchev–Trinajstić information content (AvgIpc) is 3.08. The van der Waals surface area contributed by atoms with Crippen molar-refractivity contribution in [2.45, 2.75) is 25.7 Å². The molecule has 8 heteroatoms. The second kappa shape index (κ2) is 9.15.